The van der Waals surface area contributed by atoms with E-state index in [0.717, 1.165) is 21.8 Å². The third kappa shape index (κ3) is 7.37. The second kappa shape index (κ2) is 11.6. The highest BCUT2D eigenvalue weighted by atomic mass is 32.2. The number of nitrogens with zero attached hydrogens (tertiary/aromatic N) is 3. The molecule has 0 aliphatic rings. The molecule has 2 N–H and O–H groups in total. The molecule has 2 aromatic carbocycles. The first kappa shape index (κ1) is 27.3. The molecule has 0 aliphatic heterocycles. The number of aromatic nitrogens is 2. The highest BCUT2D eigenvalue weighted by Gasteiger charge is 2.23. The zero-order valence-electron chi connectivity index (χ0n) is 22.3. The first-order valence-electron chi connectivity index (χ1n) is 12.1. The molecule has 3 amide bonds. The number of carbonyl (C=O) groups is 2. The number of aryl methyl sites for hydroxylation is 1. The van der Waals surface area contributed by atoms with E-state index in [2.05, 4.69) is 31.4 Å². The van der Waals surface area contributed by atoms with E-state index in [-0.39, 0.29) is 29.8 Å². The molecule has 7 nitrogen and oxygen atoms in total. The van der Waals surface area contributed by atoms with Gasteiger partial charge in [0.25, 0.3) is 0 Å². The molecule has 0 radical (unpaired) electrons. The zero-order chi connectivity index (χ0) is 26.5. The predicted octanol–water partition coefficient (Wildman–Crippen LogP) is 6.33. The van der Waals surface area contributed by atoms with Crippen molar-refractivity contribution in [2.24, 2.45) is 5.92 Å². The number of nitrogens with one attached hydrogen (secondary N) is 2. The molecule has 1 heterocycles. The number of benzene rings is 2. The van der Waals surface area contributed by atoms with Crippen LogP contribution in [0.1, 0.15) is 45.9 Å². The van der Waals surface area contributed by atoms with Crippen molar-refractivity contribution in [2.75, 3.05) is 30.0 Å². The molecule has 1 aromatic heterocycles. The third-order valence-corrected chi connectivity index (χ3v) is 6.28. The number of anilines is 2. The van der Waals surface area contributed by atoms with Gasteiger partial charge in [0.2, 0.25) is 5.91 Å². The minimum Gasteiger partial charge on any atom is -0.315 e. The van der Waals surface area contributed by atoms with E-state index in [0.29, 0.717) is 18.1 Å². The van der Waals surface area contributed by atoms with Crippen molar-refractivity contribution in [1.82, 2.24) is 14.7 Å². The summed E-state index contributed by atoms with van der Waals surface area (Å²) in [6.45, 7) is 12.7. The van der Waals surface area contributed by atoms with Gasteiger partial charge in [0.05, 0.1) is 11.4 Å². The van der Waals surface area contributed by atoms with E-state index < -0.39 is 0 Å². The average molecular weight is 508 g/mol. The van der Waals surface area contributed by atoms with Gasteiger partial charge in [0.1, 0.15) is 12.4 Å². The van der Waals surface area contributed by atoms with Gasteiger partial charge in [0.15, 0.2) is 0 Å². The van der Waals surface area contributed by atoms with Gasteiger partial charge < -0.3 is 15.5 Å². The third-order valence-electron chi connectivity index (χ3n) is 5.54. The number of amides is 3. The molecular formula is C28H37N5O2S. The van der Waals surface area contributed by atoms with Crippen molar-refractivity contribution in [3.8, 4) is 5.69 Å². The minimum absolute atomic E-state index is 0.0727. The standard InChI is InChI=1S/C28H37N5O2S/c1-19(2)17-32(27(35)29-21-11-13-23(36-7)14-12-21)18-26(34)30-25-16-24(28(4,5)6)31-33(25)22-10-8-9-20(3)15-22/h8-16,19H,17-18H2,1-7H3,(H,29,35)(H,30,34). The van der Waals surface area contributed by atoms with Crippen LogP contribution in [0.4, 0.5) is 16.3 Å². The summed E-state index contributed by atoms with van der Waals surface area (Å²) in [5.41, 5.74) is 3.34. The molecule has 0 unspecified atom stereocenters. The van der Waals surface area contributed by atoms with Crippen molar-refractivity contribution in [2.45, 2.75) is 51.9 Å². The lowest BCUT2D eigenvalue weighted by molar-refractivity contribution is -0.116. The summed E-state index contributed by atoms with van der Waals surface area (Å²) in [5, 5.41) is 10.7. The summed E-state index contributed by atoms with van der Waals surface area (Å²) in [5.74, 6) is 0.499. The van der Waals surface area contributed by atoms with Crippen molar-refractivity contribution in [1.29, 1.82) is 0 Å². The average Bonchev–Trinajstić information content (AvgIpc) is 3.23. The van der Waals surface area contributed by atoms with Gasteiger partial charge in [-0.25, -0.2) is 9.48 Å². The predicted molar refractivity (Wildman–Crippen MR) is 149 cm³/mol. The smallest absolute Gasteiger partial charge is 0.315 e. The molecular weight excluding hydrogens is 470 g/mol. The fraction of sp³-hybridized carbons (Fsp3) is 0.393. The van der Waals surface area contributed by atoms with Crippen LogP contribution >= 0.6 is 11.8 Å². The Morgan fingerprint density at radius 2 is 1.75 bits per heavy atom. The molecule has 0 atom stereocenters. The second-order valence-corrected chi connectivity index (χ2v) is 11.3. The van der Waals surface area contributed by atoms with Crippen LogP contribution in [0.5, 0.6) is 0 Å². The Morgan fingerprint density at radius 1 is 1.06 bits per heavy atom. The molecule has 36 heavy (non-hydrogen) atoms. The first-order valence-corrected chi connectivity index (χ1v) is 13.4. The van der Waals surface area contributed by atoms with Gasteiger partial charge in [-0.1, -0.05) is 46.8 Å². The second-order valence-electron chi connectivity index (χ2n) is 10.4. The maximum Gasteiger partial charge on any atom is 0.322 e. The lowest BCUT2D eigenvalue weighted by Gasteiger charge is -2.24. The van der Waals surface area contributed by atoms with Gasteiger partial charge >= 0.3 is 6.03 Å². The fourth-order valence-corrected chi connectivity index (χ4v) is 4.09. The summed E-state index contributed by atoms with van der Waals surface area (Å²) in [4.78, 5) is 28.9. The van der Waals surface area contributed by atoms with Crippen LogP contribution in [0.3, 0.4) is 0 Å². The lowest BCUT2D eigenvalue weighted by atomic mass is 9.92. The van der Waals surface area contributed by atoms with E-state index in [1.165, 1.54) is 0 Å². The Bertz CT molecular complexity index is 1200. The maximum atomic E-state index is 13.2. The topological polar surface area (TPSA) is 79.3 Å². The Hall–Kier alpha value is -3.26. The highest BCUT2D eigenvalue weighted by Crippen LogP contribution is 2.26. The number of rotatable bonds is 8. The van der Waals surface area contributed by atoms with Crippen molar-refractivity contribution < 1.29 is 9.59 Å². The monoisotopic (exact) mass is 507 g/mol. The number of hydrogen-bond acceptors (Lipinski definition) is 4. The quantitative estimate of drug-likeness (QED) is 0.349. The van der Waals surface area contributed by atoms with Gasteiger partial charge in [-0.2, -0.15) is 5.10 Å². The molecule has 3 aromatic rings. The molecule has 3 rings (SSSR count). The minimum atomic E-state index is -0.307. The van der Waals surface area contributed by atoms with Gasteiger partial charge in [-0.15, -0.1) is 11.8 Å². The van der Waals surface area contributed by atoms with E-state index in [1.54, 1.807) is 21.3 Å². The summed E-state index contributed by atoms with van der Waals surface area (Å²) in [7, 11) is 0. The summed E-state index contributed by atoms with van der Waals surface area (Å²) in [6, 6.07) is 17.2. The molecule has 192 valence electrons. The van der Waals surface area contributed by atoms with Crippen molar-refractivity contribution in [3.63, 3.8) is 0 Å². The van der Waals surface area contributed by atoms with Gasteiger partial charge in [-0.05, 0) is 61.1 Å². The fourth-order valence-electron chi connectivity index (χ4n) is 3.69. The van der Waals surface area contributed by atoms with Crippen molar-refractivity contribution in [3.05, 3.63) is 65.9 Å². The number of thioether (sulfide) groups is 1. The van der Waals surface area contributed by atoms with Crippen LogP contribution in [0.25, 0.3) is 5.69 Å². The summed E-state index contributed by atoms with van der Waals surface area (Å²) >= 11 is 1.64. The molecule has 0 spiro atoms. The van der Waals surface area contributed by atoms with Crippen LogP contribution in [0.15, 0.2) is 59.5 Å². The molecule has 0 saturated carbocycles. The van der Waals surface area contributed by atoms with Crippen LogP contribution in [0, 0.1) is 12.8 Å². The largest absolute Gasteiger partial charge is 0.322 e. The summed E-state index contributed by atoms with van der Waals surface area (Å²) in [6.07, 6.45) is 2.01. The Labute approximate surface area is 218 Å². The van der Waals surface area contributed by atoms with E-state index in [9.17, 15) is 9.59 Å². The highest BCUT2D eigenvalue weighted by molar-refractivity contribution is 7.98. The SMILES string of the molecule is CSc1ccc(NC(=O)N(CC(=O)Nc2cc(C(C)(C)C)nn2-c2cccc(C)c2)CC(C)C)cc1. The Balaban J connectivity index is 1.80. The normalized spacial score (nSPS) is 11.4. The van der Waals surface area contributed by atoms with Crippen LogP contribution < -0.4 is 10.6 Å². The molecule has 0 saturated heterocycles. The molecule has 8 heteroatoms. The zero-order valence-corrected chi connectivity index (χ0v) is 23.1. The number of carbonyl (C=O) groups excluding carboxylic acids is 2. The first-order chi connectivity index (χ1) is 17.0. The van der Waals surface area contributed by atoms with E-state index in [1.807, 2.05) is 81.6 Å². The van der Waals surface area contributed by atoms with Crippen LogP contribution in [-0.4, -0.2) is 46.0 Å². The Morgan fingerprint density at radius 3 is 2.33 bits per heavy atom. The van der Waals surface area contributed by atoms with Crippen molar-refractivity contribution >= 4 is 35.2 Å². The molecule has 0 bridgehead atoms. The van der Waals surface area contributed by atoms with Gasteiger partial charge in [-0.3, -0.25) is 4.79 Å². The molecule has 0 fully saturated rings. The van der Waals surface area contributed by atoms with Gasteiger partial charge in [0, 0.05) is 28.6 Å². The lowest BCUT2D eigenvalue weighted by Crippen LogP contribution is -2.42. The molecule has 0 aliphatic carbocycles. The van der Waals surface area contributed by atoms with E-state index >= 15 is 0 Å². The van der Waals surface area contributed by atoms with Crippen LogP contribution in [0.2, 0.25) is 0 Å². The van der Waals surface area contributed by atoms with Crippen LogP contribution in [-0.2, 0) is 10.2 Å². The summed E-state index contributed by atoms with van der Waals surface area (Å²) < 4.78 is 1.76. The Kier molecular flexibility index (Phi) is 8.84. The number of hydrogen-bond donors (Lipinski definition) is 2. The maximum absolute atomic E-state index is 13.2. The van der Waals surface area contributed by atoms with E-state index in [4.69, 9.17) is 5.10 Å². The number of urea groups is 1.